The highest BCUT2D eigenvalue weighted by Gasteiger charge is 2.39. The van der Waals surface area contributed by atoms with Crippen LogP contribution in [0.5, 0.6) is 5.75 Å². The SMILES string of the molecule is OC1CCc2c(OCC(O)C(F)(F)F)cccc21. The topological polar surface area (TPSA) is 49.7 Å². The molecule has 2 unspecified atom stereocenters. The second-order valence-electron chi connectivity index (χ2n) is 4.25. The molecule has 1 aliphatic carbocycles. The van der Waals surface area contributed by atoms with Gasteiger partial charge in [-0.3, -0.25) is 0 Å². The van der Waals surface area contributed by atoms with Crippen LogP contribution in [0.3, 0.4) is 0 Å². The van der Waals surface area contributed by atoms with Crippen molar-refractivity contribution in [2.24, 2.45) is 0 Å². The maximum atomic E-state index is 12.1. The molecule has 2 atom stereocenters. The molecule has 0 fully saturated rings. The van der Waals surface area contributed by atoms with Gasteiger partial charge in [-0.2, -0.15) is 13.2 Å². The van der Waals surface area contributed by atoms with Crippen LogP contribution in [0.1, 0.15) is 23.7 Å². The first-order chi connectivity index (χ1) is 8.39. The molecule has 0 heterocycles. The van der Waals surface area contributed by atoms with Crippen LogP contribution < -0.4 is 4.74 Å². The fourth-order valence-electron chi connectivity index (χ4n) is 2.00. The molecule has 0 aromatic heterocycles. The molecular weight excluding hydrogens is 249 g/mol. The van der Waals surface area contributed by atoms with Crippen LogP contribution in [0.15, 0.2) is 18.2 Å². The summed E-state index contributed by atoms with van der Waals surface area (Å²) in [4.78, 5) is 0. The van der Waals surface area contributed by atoms with Gasteiger partial charge in [-0.25, -0.2) is 0 Å². The number of fused-ring (bicyclic) bond motifs is 1. The van der Waals surface area contributed by atoms with Gasteiger partial charge in [-0.15, -0.1) is 0 Å². The van der Waals surface area contributed by atoms with Gasteiger partial charge in [0.2, 0.25) is 0 Å². The van der Waals surface area contributed by atoms with Crippen LogP contribution in [-0.4, -0.2) is 29.1 Å². The van der Waals surface area contributed by atoms with E-state index in [1.807, 2.05) is 0 Å². The lowest BCUT2D eigenvalue weighted by atomic mass is 10.1. The van der Waals surface area contributed by atoms with E-state index in [0.29, 0.717) is 24.2 Å². The maximum absolute atomic E-state index is 12.1. The molecule has 1 aliphatic rings. The van der Waals surface area contributed by atoms with E-state index in [9.17, 15) is 18.3 Å². The number of hydrogen-bond donors (Lipinski definition) is 2. The second kappa shape index (κ2) is 4.78. The fourth-order valence-corrected chi connectivity index (χ4v) is 2.00. The van der Waals surface area contributed by atoms with Gasteiger partial charge in [-0.1, -0.05) is 12.1 Å². The highest BCUT2D eigenvalue weighted by molar-refractivity contribution is 5.44. The minimum atomic E-state index is -4.68. The Balaban J connectivity index is 2.08. The lowest BCUT2D eigenvalue weighted by Crippen LogP contribution is -2.34. The first-order valence-electron chi connectivity index (χ1n) is 5.57. The maximum Gasteiger partial charge on any atom is 0.417 e. The normalized spacial score (nSPS) is 20.6. The molecule has 0 saturated carbocycles. The van der Waals surface area contributed by atoms with E-state index in [-0.39, 0.29) is 0 Å². The molecule has 0 amide bonds. The van der Waals surface area contributed by atoms with Gasteiger partial charge in [0.05, 0.1) is 6.10 Å². The average molecular weight is 262 g/mol. The lowest BCUT2D eigenvalue weighted by Gasteiger charge is -2.17. The van der Waals surface area contributed by atoms with E-state index in [1.165, 1.54) is 0 Å². The molecule has 0 aliphatic heterocycles. The zero-order chi connectivity index (χ0) is 13.3. The third-order valence-corrected chi connectivity index (χ3v) is 2.97. The molecule has 3 nitrogen and oxygen atoms in total. The molecule has 2 N–H and O–H groups in total. The second-order valence-corrected chi connectivity index (χ2v) is 4.25. The summed E-state index contributed by atoms with van der Waals surface area (Å²) in [7, 11) is 0. The predicted molar refractivity (Wildman–Crippen MR) is 57.3 cm³/mol. The number of aliphatic hydroxyl groups is 2. The van der Waals surface area contributed by atoms with E-state index >= 15 is 0 Å². The Labute approximate surface area is 102 Å². The summed E-state index contributed by atoms with van der Waals surface area (Å²) in [6, 6.07) is 4.88. The van der Waals surface area contributed by atoms with Gasteiger partial charge in [0.25, 0.3) is 0 Å². The Bertz CT molecular complexity index is 431. The van der Waals surface area contributed by atoms with E-state index < -0.39 is 25.0 Å². The quantitative estimate of drug-likeness (QED) is 0.875. The van der Waals surface area contributed by atoms with Gasteiger partial charge >= 0.3 is 6.18 Å². The number of ether oxygens (including phenoxy) is 1. The number of rotatable bonds is 3. The third kappa shape index (κ3) is 2.59. The zero-order valence-corrected chi connectivity index (χ0v) is 9.44. The Morgan fingerprint density at radius 1 is 1.39 bits per heavy atom. The van der Waals surface area contributed by atoms with Crippen molar-refractivity contribution in [1.82, 2.24) is 0 Å². The summed E-state index contributed by atoms with van der Waals surface area (Å²) in [6.07, 6.45) is -6.67. The summed E-state index contributed by atoms with van der Waals surface area (Å²) < 4.78 is 41.4. The van der Waals surface area contributed by atoms with Crippen LogP contribution in [0.2, 0.25) is 0 Å². The van der Waals surface area contributed by atoms with Crippen LogP contribution in [-0.2, 0) is 6.42 Å². The van der Waals surface area contributed by atoms with Gasteiger partial charge in [0.1, 0.15) is 12.4 Å². The van der Waals surface area contributed by atoms with Crippen molar-refractivity contribution < 1.29 is 28.1 Å². The van der Waals surface area contributed by atoms with Crippen LogP contribution in [0, 0.1) is 0 Å². The molecule has 0 radical (unpaired) electrons. The van der Waals surface area contributed by atoms with Gasteiger partial charge in [0.15, 0.2) is 6.10 Å². The smallest absolute Gasteiger partial charge is 0.417 e. The summed E-state index contributed by atoms with van der Waals surface area (Å²) in [5.74, 6) is 0.298. The average Bonchev–Trinajstić information content (AvgIpc) is 2.67. The van der Waals surface area contributed by atoms with Crippen molar-refractivity contribution in [3.05, 3.63) is 29.3 Å². The molecule has 2 rings (SSSR count). The monoisotopic (exact) mass is 262 g/mol. The van der Waals surface area contributed by atoms with E-state index in [1.54, 1.807) is 18.2 Å². The minimum Gasteiger partial charge on any atom is -0.490 e. The van der Waals surface area contributed by atoms with E-state index in [4.69, 9.17) is 9.84 Å². The number of benzene rings is 1. The van der Waals surface area contributed by atoms with Crippen molar-refractivity contribution in [3.63, 3.8) is 0 Å². The summed E-state index contributed by atoms with van der Waals surface area (Å²) >= 11 is 0. The van der Waals surface area contributed by atoms with Gasteiger partial charge in [-0.05, 0) is 24.5 Å². The third-order valence-electron chi connectivity index (χ3n) is 2.97. The summed E-state index contributed by atoms with van der Waals surface area (Å²) in [5, 5.41) is 18.5. The van der Waals surface area contributed by atoms with Crippen LogP contribution in [0.4, 0.5) is 13.2 Å². The Morgan fingerprint density at radius 3 is 2.78 bits per heavy atom. The Kier molecular flexibility index (Phi) is 3.49. The minimum absolute atomic E-state index is 0.298. The van der Waals surface area contributed by atoms with E-state index in [2.05, 4.69) is 0 Å². The molecule has 18 heavy (non-hydrogen) atoms. The highest BCUT2D eigenvalue weighted by atomic mass is 19.4. The molecule has 1 aromatic carbocycles. The fraction of sp³-hybridized carbons (Fsp3) is 0.500. The van der Waals surface area contributed by atoms with Gasteiger partial charge < -0.3 is 14.9 Å². The predicted octanol–water partition coefficient (Wildman–Crippen LogP) is 1.97. The Hall–Kier alpha value is -1.27. The standard InChI is InChI=1S/C12H13F3O3/c13-12(14,15)11(17)6-18-10-3-1-2-7-8(10)4-5-9(7)16/h1-3,9,11,16-17H,4-6H2. The van der Waals surface area contributed by atoms with Crippen LogP contribution in [0.25, 0.3) is 0 Å². The molecule has 100 valence electrons. The van der Waals surface area contributed by atoms with Crippen LogP contribution >= 0.6 is 0 Å². The summed E-state index contributed by atoms with van der Waals surface area (Å²) in [5.41, 5.74) is 1.41. The largest absolute Gasteiger partial charge is 0.490 e. The van der Waals surface area contributed by atoms with Crippen molar-refractivity contribution in [2.75, 3.05) is 6.61 Å². The van der Waals surface area contributed by atoms with E-state index in [0.717, 1.165) is 5.56 Å². The lowest BCUT2D eigenvalue weighted by molar-refractivity contribution is -0.210. The van der Waals surface area contributed by atoms with Crippen molar-refractivity contribution in [2.45, 2.75) is 31.2 Å². The van der Waals surface area contributed by atoms with Crippen molar-refractivity contribution in [3.8, 4) is 5.75 Å². The first-order valence-corrected chi connectivity index (χ1v) is 5.57. The van der Waals surface area contributed by atoms with Gasteiger partial charge in [0, 0.05) is 5.56 Å². The number of halogens is 3. The molecule has 0 saturated heterocycles. The first kappa shape index (κ1) is 13.2. The van der Waals surface area contributed by atoms with Crippen molar-refractivity contribution >= 4 is 0 Å². The van der Waals surface area contributed by atoms with Crippen molar-refractivity contribution in [1.29, 1.82) is 0 Å². The molecule has 6 heteroatoms. The summed E-state index contributed by atoms with van der Waals surface area (Å²) in [6.45, 7) is -0.837. The highest BCUT2D eigenvalue weighted by Crippen LogP contribution is 2.36. The number of alkyl halides is 3. The zero-order valence-electron chi connectivity index (χ0n) is 9.44. The number of aliphatic hydroxyl groups excluding tert-OH is 2. The molecular formula is C12H13F3O3. The molecule has 0 bridgehead atoms. The number of hydrogen-bond acceptors (Lipinski definition) is 3. The molecule has 0 spiro atoms. The molecule has 1 aromatic rings. The Morgan fingerprint density at radius 2 is 2.11 bits per heavy atom.